The predicted molar refractivity (Wildman–Crippen MR) is 234 cm³/mol. The topological polar surface area (TPSA) is 44.8 Å². The summed E-state index contributed by atoms with van der Waals surface area (Å²) >= 11 is 0. The molecule has 0 saturated carbocycles. The van der Waals surface area contributed by atoms with Crippen molar-refractivity contribution >= 4 is 38.9 Å². The molecule has 0 unspecified atom stereocenters. The van der Waals surface area contributed by atoms with Gasteiger partial charge in [0.15, 0.2) is 5.82 Å². The van der Waals surface area contributed by atoms with E-state index >= 15 is 0 Å². The van der Waals surface area contributed by atoms with Gasteiger partial charge in [-0.15, -0.1) is 0 Å². The Labute approximate surface area is 331 Å². The zero-order valence-electron chi connectivity index (χ0n) is 31.0. The molecule has 0 fully saturated rings. The molecule has 2 aromatic heterocycles. The van der Waals surface area contributed by atoms with Gasteiger partial charge in [-0.25, -0.2) is 9.97 Å². The van der Waals surface area contributed by atoms with Gasteiger partial charge >= 0.3 is 0 Å². The predicted octanol–water partition coefficient (Wildman–Crippen LogP) is 13.3. The Hall–Kier alpha value is -7.56. The Morgan fingerprint density at radius 3 is 1.75 bits per heavy atom. The van der Waals surface area contributed by atoms with Gasteiger partial charge in [0.2, 0.25) is 0 Å². The van der Waals surface area contributed by atoms with Crippen molar-refractivity contribution in [3.05, 3.63) is 235 Å². The molecule has 1 N–H and O–H groups in total. The molecule has 0 bridgehead atoms. The molecule has 0 aliphatic heterocycles. The second-order valence-electron chi connectivity index (χ2n) is 14.7. The SMILES string of the molecule is c1ccc(-c2cc(N(c3ccc(-c4ncccn4)cc3)c3ccc4c(c3)C(c3ccccc3)(c3ccccc3)c3ccccc3-4)cc3c2[nH]c2ccccc23)cc1. The van der Waals surface area contributed by atoms with Crippen molar-refractivity contribution in [3.8, 4) is 33.6 Å². The normalized spacial score (nSPS) is 12.7. The van der Waals surface area contributed by atoms with E-state index in [2.05, 4.69) is 214 Å². The van der Waals surface area contributed by atoms with Gasteiger partial charge in [0.1, 0.15) is 0 Å². The molecule has 4 nitrogen and oxygen atoms in total. The van der Waals surface area contributed by atoms with E-state index < -0.39 is 5.41 Å². The molecule has 1 aliphatic carbocycles. The van der Waals surface area contributed by atoms with E-state index in [-0.39, 0.29) is 0 Å². The van der Waals surface area contributed by atoms with Crippen LogP contribution in [0.3, 0.4) is 0 Å². The summed E-state index contributed by atoms with van der Waals surface area (Å²) in [7, 11) is 0. The van der Waals surface area contributed by atoms with Crippen LogP contribution in [-0.2, 0) is 5.41 Å². The summed E-state index contributed by atoms with van der Waals surface area (Å²) in [5.41, 5.74) is 15.7. The van der Waals surface area contributed by atoms with Crippen LogP contribution in [0.2, 0.25) is 0 Å². The minimum atomic E-state index is -0.527. The molecule has 10 aromatic rings. The maximum absolute atomic E-state index is 4.55. The molecular formula is C53H36N4. The third-order valence-electron chi connectivity index (χ3n) is 11.6. The summed E-state index contributed by atoms with van der Waals surface area (Å²) in [5, 5.41) is 2.37. The Morgan fingerprint density at radius 2 is 1.02 bits per heavy atom. The van der Waals surface area contributed by atoms with Gasteiger partial charge < -0.3 is 9.88 Å². The van der Waals surface area contributed by atoms with Crippen molar-refractivity contribution in [2.75, 3.05) is 4.90 Å². The van der Waals surface area contributed by atoms with Gasteiger partial charge in [-0.3, -0.25) is 0 Å². The highest BCUT2D eigenvalue weighted by atomic mass is 15.1. The fourth-order valence-electron chi connectivity index (χ4n) is 9.14. The lowest BCUT2D eigenvalue weighted by atomic mass is 9.67. The van der Waals surface area contributed by atoms with Gasteiger partial charge in [-0.2, -0.15) is 0 Å². The summed E-state index contributed by atoms with van der Waals surface area (Å²) in [6, 6.07) is 72.5. The zero-order chi connectivity index (χ0) is 37.8. The van der Waals surface area contributed by atoms with E-state index in [1.165, 1.54) is 44.2 Å². The fourth-order valence-corrected chi connectivity index (χ4v) is 9.14. The number of nitrogens with zero attached hydrogens (tertiary/aromatic N) is 3. The first-order valence-electron chi connectivity index (χ1n) is 19.4. The van der Waals surface area contributed by atoms with E-state index in [0.29, 0.717) is 5.82 Å². The Bertz CT molecular complexity index is 3010. The van der Waals surface area contributed by atoms with Crippen LogP contribution in [0.15, 0.2) is 213 Å². The van der Waals surface area contributed by atoms with Gasteiger partial charge in [-0.1, -0.05) is 140 Å². The summed E-state index contributed by atoms with van der Waals surface area (Å²) in [5.74, 6) is 0.702. The summed E-state index contributed by atoms with van der Waals surface area (Å²) in [6.07, 6.45) is 3.58. The van der Waals surface area contributed by atoms with Gasteiger partial charge in [0.05, 0.1) is 10.9 Å². The Morgan fingerprint density at radius 1 is 0.404 bits per heavy atom. The standard InChI is InChI=1S/C53H36N4/c1-4-15-36(16-5-1)46-33-42(34-47-45-22-11-13-24-50(45)56-51(46)47)57(40-27-25-37(26-28-40)52-54-31-14-32-55-52)41-29-30-44-43-21-10-12-23-48(43)53(49(44)35-41,38-17-6-2-7-18-38)39-19-8-3-9-20-39/h1-35,56H. The van der Waals surface area contributed by atoms with Gasteiger partial charge in [-0.05, 0) is 99.6 Å². The van der Waals surface area contributed by atoms with Crippen LogP contribution in [0.1, 0.15) is 22.3 Å². The molecule has 268 valence electrons. The number of nitrogens with one attached hydrogen (secondary N) is 1. The van der Waals surface area contributed by atoms with E-state index in [0.717, 1.165) is 44.8 Å². The number of aromatic nitrogens is 3. The molecule has 2 heterocycles. The molecule has 57 heavy (non-hydrogen) atoms. The smallest absolute Gasteiger partial charge is 0.159 e. The van der Waals surface area contributed by atoms with E-state index in [1.54, 1.807) is 12.4 Å². The Balaban J connectivity index is 1.20. The molecule has 0 saturated heterocycles. The van der Waals surface area contributed by atoms with Gasteiger partial charge in [0, 0.05) is 56.9 Å². The number of hydrogen-bond acceptors (Lipinski definition) is 3. The summed E-state index contributed by atoms with van der Waals surface area (Å²) in [4.78, 5) is 15.3. The van der Waals surface area contributed by atoms with Crippen molar-refractivity contribution in [2.45, 2.75) is 5.41 Å². The maximum Gasteiger partial charge on any atom is 0.159 e. The van der Waals surface area contributed by atoms with Crippen LogP contribution in [0, 0.1) is 0 Å². The molecule has 4 heteroatoms. The quantitative estimate of drug-likeness (QED) is 0.178. The minimum absolute atomic E-state index is 0.527. The molecule has 0 radical (unpaired) electrons. The van der Waals surface area contributed by atoms with Crippen LogP contribution in [0.5, 0.6) is 0 Å². The number of para-hydroxylation sites is 1. The zero-order valence-corrected chi connectivity index (χ0v) is 31.0. The molecule has 8 aromatic carbocycles. The van der Waals surface area contributed by atoms with Crippen molar-refractivity contribution in [3.63, 3.8) is 0 Å². The van der Waals surface area contributed by atoms with Crippen molar-refractivity contribution in [1.82, 2.24) is 15.0 Å². The first kappa shape index (κ1) is 32.8. The number of benzene rings is 8. The van der Waals surface area contributed by atoms with Crippen LogP contribution in [0.4, 0.5) is 17.1 Å². The molecule has 11 rings (SSSR count). The highest BCUT2D eigenvalue weighted by Gasteiger charge is 2.46. The van der Waals surface area contributed by atoms with Crippen LogP contribution in [0.25, 0.3) is 55.4 Å². The third kappa shape index (κ3) is 5.22. The van der Waals surface area contributed by atoms with Crippen LogP contribution < -0.4 is 4.90 Å². The lowest BCUT2D eigenvalue weighted by Gasteiger charge is -2.35. The van der Waals surface area contributed by atoms with Gasteiger partial charge in [0.25, 0.3) is 0 Å². The maximum atomic E-state index is 4.55. The lowest BCUT2D eigenvalue weighted by Crippen LogP contribution is -2.28. The lowest BCUT2D eigenvalue weighted by molar-refractivity contribution is 0.768. The molecule has 0 amide bonds. The molecular weight excluding hydrogens is 693 g/mol. The van der Waals surface area contributed by atoms with Crippen molar-refractivity contribution < 1.29 is 0 Å². The number of hydrogen-bond donors (Lipinski definition) is 1. The number of rotatable bonds is 7. The Kier molecular flexibility index (Phi) is 7.68. The highest BCUT2D eigenvalue weighted by Crippen LogP contribution is 2.57. The van der Waals surface area contributed by atoms with Crippen molar-refractivity contribution in [2.24, 2.45) is 0 Å². The van der Waals surface area contributed by atoms with E-state index in [4.69, 9.17) is 0 Å². The number of H-pyrrole nitrogens is 1. The molecule has 0 spiro atoms. The third-order valence-corrected chi connectivity index (χ3v) is 11.6. The van der Waals surface area contributed by atoms with Crippen molar-refractivity contribution in [1.29, 1.82) is 0 Å². The number of anilines is 3. The van der Waals surface area contributed by atoms with E-state index in [9.17, 15) is 0 Å². The largest absolute Gasteiger partial charge is 0.354 e. The van der Waals surface area contributed by atoms with Crippen LogP contribution in [-0.4, -0.2) is 15.0 Å². The molecule has 1 aliphatic rings. The summed E-state index contributed by atoms with van der Waals surface area (Å²) < 4.78 is 0. The molecule has 0 atom stereocenters. The highest BCUT2D eigenvalue weighted by molar-refractivity contribution is 6.13. The van der Waals surface area contributed by atoms with E-state index in [1.807, 2.05) is 6.07 Å². The number of fused-ring (bicyclic) bond motifs is 6. The average molecular weight is 729 g/mol. The monoisotopic (exact) mass is 728 g/mol. The second kappa shape index (κ2) is 13.3. The fraction of sp³-hybridized carbons (Fsp3) is 0.0189. The first-order chi connectivity index (χ1) is 28.3. The van der Waals surface area contributed by atoms with Crippen LogP contribution >= 0.6 is 0 Å². The second-order valence-corrected chi connectivity index (χ2v) is 14.7. The average Bonchev–Trinajstić information content (AvgIpc) is 3.81. The number of aromatic amines is 1. The minimum Gasteiger partial charge on any atom is -0.354 e. The summed E-state index contributed by atoms with van der Waals surface area (Å²) in [6.45, 7) is 0. The first-order valence-corrected chi connectivity index (χ1v) is 19.4.